The van der Waals surface area contributed by atoms with E-state index in [1.165, 1.54) is 32.3 Å². The van der Waals surface area contributed by atoms with Crippen LogP contribution in [-0.4, -0.2) is 54.5 Å². The molecule has 2 aromatic rings. The highest BCUT2D eigenvalue weighted by molar-refractivity contribution is 7.89. The summed E-state index contributed by atoms with van der Waals surface area (Å²) in [5.41, 5.74) is -0.303. The Morgan fingerprint density at radius 3 is 2.68 bits per heavy atom. The van der Waals surface area contributed by atoms with Crippen molar-refractivity contribution < 1.29 is 13.2 Å². The van der Waals surface area contributed by atoms with E-state index in [2.05, 4.69) is 20.5 Å². The number of aromatic amines is 2. The second-order valence-corrected chi connectivity index (χ2v) is 7.97. The molecule has 0 unspecified atom stereocenters. The molecule has 9 nitrogen and oxygen atoms in total. The van der Waals surface area contributed by atoms with Crippen LogP contribution in [0.4, 0.5) is 0 Å². The van der Waals surface area contributed by atoms with Crippen molar-refractivity contribution in [3.05, 3.63) is 45.1 Å². The molecule has 1 heterocycles. The van der Waals surface area contributed by atoms with Crippen molar-refractivity contribution in [2.75, 3.05) is 20.6 Å². The van der Waals surface area contributed by atoms with Crippen LogP contribution < -0.4 is 11.0 Å². The molecule has 136 valence electrons. The maximum absolute atomic E-state index is 12.2. The summed E-state index contributed by atoms with van der Waals surface area (Å²) in [5, 5.41) is 8.84. The molecule has 0 spiro atoms. The number of halogens is 1. The molecule has 11 heteroatoms. The van der Waals surface area contributed by atoms with Crippen molar-refractivity contribution in [2.45, 2.75) is 17.7 Å². The van der Waals surface area contributed by atoms with Gasteiger partial charge in [0.05, 0.1) is 15.5 Å². The molecule has 1 aromatic heterocycles. The summed E-state index contributed by atoms with van der Waals surface area (Å²) in [6.45, 7) is 0.314. The smallest absolute Gasteiger partial charge is 0.340 e. The number of rotatable bonds is 7. The van der Waals surface area contributed by atoms with Gasteiger partial charge in [0.25, 0.3) is 5.91 Å². The number of hydrogen-bond acceptors (Lipinski definition) is 5. The van der Waals surface area contributed by atoms with E-state index in [0.29, 0.717) is 25.2 Å². The van der Waals surface area contributed by atoms with E-state index in [4.69, 9.17) is 11.6 Å². The molecule has 1 aromatic carbocycles. The third-order valence-electron chi connectivity index (χ3n) is 3.39. The van der Waals surface area contributed by atoms with Gasteiger partial charge >= 0.3 is 5.69 Å². The Balaban J connectivity index is 2.02. The minimum Gasteiger partial charge on any atom is -0.352 e. The molecule has 0 saturated heterocycles. The first-order chi connectivity index (χ1) is 11.7. The zero-order valence-corrected chi connectivity index (χ0v) is 15.2. The molecule has 1 amide bonds. The highest BCUT2D eigenvalue weighted by atomic mass is 35.5. The van der Waals surface area contributed by atoms with Gasteiger partial charge in [0.15, 0.2) is 0 Å². The summed E-state index contributed by atoms with van der Waals surface area (Å²) in [7, 11) is -0.848. The number of nitrogens with one attached hydrogen (secondary N) is 3. The third kappa shape index (κ3) is 4.68. The van der Waals surface area contributed by atoms with Crippen LogP contribution in [0, 0.1) is 0 Å². The summed E-state index contributed by atoms with van der Waals surface area (Å²) in [5.74, 6) is 0.0210. The zero-order chi connectivity index (χ0) is 18.6. The summed E-state index contributed by atoms with van der Waals surface area (Å²) in [6.07, 6.45) is 1.02. The molecule has 0 atom stereocenters. The van der Waals surface area contributed by atoms with Gasteiger partial charge < -0.3 is 5.32 Å². The molecule has 2 rings (SSSR count). The Kier molecular flexibility index (Phi) is 5.98. The van der Waals surface area contributed by atoms with Crippen molar-refractivity contribution in [1.82, 2.24) is 24.8 Å². The fourth-order valence-electron chi connectivity index (χ4n) is 2.03. The van der Waals surface area contributed by atoms with Crippen molar-refractivity contribution in [2.24, 2.45) is 0 Å². The van der Waals surface area contributed by atoms with E-state index in [1.54, 1.807) is 0 Å². The maximum Gasteiger partial charge on any atom is 0.340 e. The van der Waals surface area contributed by atoms with Gasteiger partial charge in [0.1, 0.15) is 5.82 Å². The first kappa shape index (κ1) is 19.2. The molecular weight excluding hydrogens is 370 g/mol. The van der Waals surface area contributed by atoms with E-state index in [9.17, 15) is 18.0 Å². The van der Waals surface area contributed by atoms with Crippen LogP contribution in [0.1, 0.15) is 22.6 Å². The summed E-state index contributed by atoms with van der Waals surface area (Å²) in [4.78, 5) is 25.6. The van der Waals surface area contributed by atoms with Gasteiger partial charge in [-0.05, 0) is 24.6 Å². The fraction of sp³-hybridized carbons (Fsp3) is 0.357. The lowest BCUT2D eigenvalue weighted by atomic mass is 10.2. The predicted octanol–water partition coefficient (Wildman–Crippen LogP) is 0.364. The van der Waals surface area contributed by atoms with Crippen molar-refractivity contribution in [1.29, 1.82) is 0 Å². The quantitative estimate of drug-likeness (QED) is 0.591. The number of carbonyl (C=O) groups is 1. The number of carbonyl (C=O) groups excluding carboxylic acids is 1. The lowest BCUT2D eigenvalue weighted by Gasteiger charge is -2.13. The second kappa shape index (κ2) is 7.81. The first-order valence-electron chi connectivity index (χ1n) is 7.35. The van der Waals surface area contributed by atoms with E-state index >= 15 is 0 Å². The number of hydrogen-bond donors (Lipinski definition) is 3. The topological polar surface area (TPSA) is 128 Å². The Morgan fingerprint density at radius 1 is 1.36 bits per heavy atom. The average Bonchev–Trinajstić information content (AvgIpc) is 2.96. The summed E-state index contributed by atoms with van der Waals surface area (Å²) >= 11 is 6.01. The van der Waals surface area contributed by atoms with E-state index < -0.39 is 15.9 Å². The SMILES string of the molecule is CN(C)S(=O)(=O)c1ccc(Cl)c(C(=O)NCCCc2n[nH]c(=O)[nH]2)c1. The van der Waals surface area contributed by atoms with Gasteiger partial charge in [0, 0.05) is 27.1 Å². The van der Waals surface area contributed by atoms with Crippen LogP contribution >= 0.6 is 11.6 Å². The number of benzene rings is 1. The number of H-pyrrole nitrogens is 2. The van der Waals surface area contributed by atoms with E-state index in [0.717, 1.165) is 4.31 Å². The molecular formula is C14H18ClN5O4S. The summed E-state index contributed by atoms with van der Waals surface area (Å²) < 4.78 is 25.4. The second-order valence-electron chi connectivity index (χ2n) is 5.41. The van der Waals surface area contributed by atoms with Gasteiger partial charge in [-0.2, -0.15) is 5.10 Å². The standard InChI is InChI=1S/C14H18ClN5O4S/c1-20(2)25(23,24)9-5-6-11(15)10(8-9)13(21)16-7-3-4-12-17-14(22)19-18-12/h5-6,8H,3-4,7H2,1-2H3,(H,16,21)(H2,17,18,19,22). The molecule has 0 fully saturated rings. The predicted molar refractivity (Wildman–Crippen MR) is 92.2 cm³/mol. The first-order valence-corrected chi connectivity index (χ1v) is 9.17. The molecule has 0 aliphatic heterocycles. The van der Waals surface area contributed by atoms with E-state index in [1.807, 2.05) is 0 Å². The largest absolute Gasteiger partial charge is 0.352 e. The molecule has 0 radical (unpaired) electrons. The van der Waals surface area contributed by atoms with Gasteiger partial charge in [-0.1, -0.05) is 11.6 Å². The average molecular weight is 388 g/mol. The Labute approximate surface area is 149 Å². The van der Waals surface area contributed by atoms with Crippen LogP contribution in [0.25, 0.3) is 0 Å². The summed E-state index contributed by atoms with van der Waals surface area (Å²) in [6, 6.07) is 3.97. The minimum atomic E-state index is -3.66. The Morgan fingerprint density at radius 2 is 2.08 bits per heavy atom. The highest BCUT2D eigenvalue weighted by Crippen LogP contribution is 2.22. The van der Waals surface area contributed by atoms with Gasteiger partial charge in [-0.3, -0.25) is 9.78 Å². The van der Waals surface area contributed by atoms with E-state index in [-0.39, 0.29) is 21.2 Å². The van der Waals surface area contributed by atoms with Gasteiger partial charge in [-0.25, -0.2) is 22.6 Å². The third-order valence-corrected chi connectivity index (χ3v) is 5.53. The lowest BCUT2D eigenvalue weighted by molar-refractivity contribution is 0.0953. The number of aryl methyl sites for hydroxylation is 1. The maximum atomic E-state index is 12.2. The number of sulfonamides is 1. The van der Waals surface area contributed by atoms with Crippen molar-refractivity contribution in [3.8, 4) is 0 Å². The van der Waals surface area contributed by atoms with Crippen LogP contribution in [0.3, 0.4) is 0 Å². The molecule has 0 bridgehead atoms. The molecule has 0 aliphatic rings. The number of nitrogens with zero attached hydrogens (tertiary/aromatic N) is 2. The van der Waals surface area contributed by atoms with Gasteiger partial charge in [-0.15, -0.1) is 0 Å². The molecule has 0 aliphatic carbocycles. The van der Waals surface area contributed by atoms with Gasteiger partial charge in [0.2, 0.25) is 10.0 Å². The van der Waals surface area contributed by atoms with Crippen LogP contribution in [0.5, 0.6) is 0 Å². The fourth-order valence-corrected chi connectivity index (χ4v) is 3.16. The molecule has 0 saturated carbocycles. The number of aromatic nitrogens is 3. The van der Waals surface area contributed by atoms with Crippen LogP contribution in [0.15, 0.2) is 27.9 Å². The molecule has 25 heavy (non-hydrogen) atoms. The lowest BCUT2D eigenvalue weighted by Crippen LogP contribution is -2.26. The monoisotopic (exact) mass is 387 g/mol. The number of amides is 1. The normalized spacial score (nSPS) is 11.7. The highest BCUT2D eigenvalue weighted by Gasteiger charge is 2.20. The molecule has 3 N–H and O–H groups in total. The van der Waals surface area contributed by atoms with Crippen molar-refractivity contribution in [3.63, 3.8) is 0 Å². The van der Waals surface area contributed by atoms with Crippen LogP contribution in [0.2, 0.25) is 5.02 Å². The Hall–Kier alpha value is -2.17. The van der Waals surface area contributed by atoms with Crippen LogP contribution in [-0.2, 0) is 16.4 Å². The zero-order valence-electron chi connectivity index (χ0n) is 13.7. The van der Waals surface area contributed by atoms with Crippen molar-refractivity contribution >= 4 is 27.5 Å². The minimum absolute atomic E-state index is 0.0128. The Bertz CT molecular complexity index is 919.